The second-order valence-electron chi connectivity index (χ2n) is 4.37. The van der Waals surface area contributed by atoms with Crippen LogP contribution in [-0.4, -0.2) is 24.7 Å². The Morgan fingerprint density at radius 2 is 1.17 bits per heavy atom. The monoisotopic (exact) mass is 354 g/mol. The minimum absolute atomic E-state index is 0.175. The average molecular weight is 355 g/mol. The summed E-state index contributed by atoms with van der Waals surface area (Å²) in [6.07, 6.45) is 0. The topological polar surface area (TPSA) is 61.8 Å². The molecular formula is C16H12Cl2O5. The van der Waals surface area contributed by atoms with Gasteiger partial charge in [-0.15, -0.1) is 0 Å². The number of ether oxygens (including phenoxy) is 3. The van der Waals surface area contributed by atoms with E-state index in [-0.39, 0.29) is 11.1 Å². The van der Waals surface area contributed by atoms with Crippen LogP contribution in [0.3, 0.4) is 0 Å². The fraction of sp³-hybridized carbons (Fsp3) is 0.125. The van der Waals surface area contributed by atoms with Crippen molar-refractivity contribution in [1.82, 2.24) is 0 Å². The molecule has 0 bridgehead atoms. The summed E-state index contributed by atoms with van der Waals surface area (Å²) in [5, 5.41) is -1.34. The first-order chi connectivity index (χ1) is 11.0. The highest BCUT2D eigenvalue weighted by Crippen LogP contribution is 2.31. The first kappa shape index (κ1) is 17.1. The van der Waals surface area contributed by atoms with Gasteiger partial charge in [-0.1, -0.05) is 0 Å². The fourth-order valence-electron chi connectivity index (χ4n) is 1.94. The number of carbonyl (C=O) groups excluding carboxylic acids is 2. The summed E-state index contributed by atoms with van der Waals surface area (Å²) in [4.78, 5) is 22.8. The first-order valence-electron chi connectivity index (χ1n) is 6.40. The number of halogens is 2. The molecule has 0 fully saturated rings. The Bertz CT molecular complexity index is 695. The number of rotatable bonds is 6. The molecule has 0 saturated heterocycles. The highest BCUT2D eigenvalue weighted by atomic mass is 35.5. The molecule has 120 valence electrons. The van der Waals surface area contributed by atoms with Crippen molar-refractivity contribution in [3.63, 3.8) is 0 Å². The Morgan fingerprint density at radius 3 is 1.48 bits per heavy atom. The van der Waals surface area contributed by atoms with Gasteiger partial charge in [0.05, 0.1) is 25.3 Å². The number of hydrogen-bond donors (Lipinski definition) is 0. The van der Waals surface area contributed by atoms with Crippen LogP contribution < -0.4 is 14.2 Å². The van der Waals surface area contributed by atoms with E-state index in [1.54, 1.807) is 24.3 Å². The van der Waals surface area contributed by atoms with Gasteiger partial charge >= 0.3 is 0 Å². The van der Waals surface area contributed by atoms with E-state index < -0.39 is 10.5 Å². The normalized spacial score (nSPS) is 10.1. The molecule has 2 aromatic carbocycles. The van der Waals surface area contributed by atoms with Gasteiger partial charge in [-0.3, -0.25) is 9.59 Å². The molecular weight excluding hydrogens is 343 g/mol. The minimum atomic E-state index is -0.668. The van der Waals surface area contributed by atoms with Crippen molar-refractivity contribution in [1.29, 1.82) is 0 Å². The van der Waals surface area contributed by atoms with Crippen LogP contribution in [0.5, 0.6) is 23.0 Å². The molecule has 0 radical (unpaired) electrons. The summed E-state index contributed by atoms with van der Waals surface area (Å²) in [5.41, 5.74) is 0.350. The Labute approximate surface area is 142 Å². The predicted octanol–water partition coefficient (Wildman–Crippen LogP) is 4.25. The highest BCUT2D eigenvalue weighted by molar-refractivity contribution is 6.68. The molecule has 0 aliphatic heterocycles. The Balaban J connectivity index is 2.36. The molecule has 23 heavy (non-hydrogen) atoms. The van der Waals surface area contributed by atoms with E-state index in [2.05, 4.69) is 0 Å². The highest BCUT2D eigenvalue weighted by Gasteiger charge is 2.14. The summed E-state index contributed by atoms with van der Waals surface area (Å²) in [5.74, 6) is 1.38. The lowest BCUT2D eigenvalue weighted by Gasteiger charge is -2.11. The summed E-state index contributed by atoms with van der Waals surface area (Å²) in [7, 11) is 2.86. The maximum absolute atomic E-state index is 11.4. The van der Waals surface area contributed by atoms with E-state index in [9.17, 15) is 9.59 Å². The summed E-state index contributed by atoms with van der Waals surface area (Å²) in [6, 6.07) is 9.22. The van der Waals surface area contributed by atoms with Crippen molar-refractivity contribution < 1.29 is 23.8 Å². The third-order valence-corrected chi connectivity index (χ3v) is 3.41. The van der Waals surface area contributed by atoms with E-state index in [4.69, 9.17) is 37.4 Å². The Hall–Kier alpha value is -2.24. The van der Waals surface area contributed by atoms with Crippen LogP contribution in [0.15, 0.2) is 36.4 Å². The summed E-state index contributed by atoms with van der Waals surface area (Å²) < 4.78 is 15.7. The SMILES string of the molecule is COc1ccc(Oc2ccc(OC)c(C(=O)Cl)c2)cc1C(=O)Cl. The van der Waals surface area contributed by atoms with E-state index in [0.717, 1.165) is 0 Å². The van der Waals surface area contributed by atoms with Crippen LogP contribution >= 0.6 is 23.2 Å². The van der Waals surface area contributed by atoms with Crippen LogP contribution in [0.4, 0.5) is 0 Å². The molecule has 0 aliphatic rings. The summed E-state index contributed by atoms with van der Waals surface area (Å²) >= 11 is 11.0. The molecule has 0 spiro atoms. The molecule has 0 unspecified atom stereocenters. The van der Waals surface area contributed by atoms with Crippen LogP contribution in [0.1, 0.15) is 20.7 Å². The third-order valence-electron chi connectivity index (χ3n) is 3.00. The van der Waals surface area contributed by atoms with E-state index in [1.807, 2.05) is 0 Å². The molecule has 0 heterocycles. The first-order valence-corrected chi connectivity index (χ1v) is 7.15. The molecule has 2 aromatic rings. The second-order valence-corrected chi connectivity index (χ2v) is 5.06. The van der Waals surface area contributed by atoms with Crippen molar-refractivity contribution in [3.05, 3.63) is 47.5 Å². The summed E-state index contributed by atoms with van der Waals surface area (Å²) in [6.45, 7) is 0. The Morgan fingerprint density at radius 1 is 0.783 bits per heavy atom. The van der Waals surface area contributed by atoms with Crippen LogP contribution in [0.2, 0.25) is 0 Å². The van der Waals surface area contributed by atoms with Gasteiger partial charge in [-0.05, 0) is 59.6 Å². The van der Waals surface area contributed by atoms with E-state index in [1.165, 1.54) is 26.4 Å². The van der Waals surface area contributed by atoms with E-state index >= 15 is 0 Å². The van der Waals surface area contributed by atoms with Crippen molar-refractivity contribution >= 4 is 33.7 Å². The zero-order valence-corrected chi connectivity index (χ0v) is 13.8. The molecule has 0 N–H and O–H groups in total. The van der Waals surface area contributed by atoms with Crippen LogP contribution in [0, 0.1) is 0 Å². The largest absolute Gasteiger partial charge is 0.496 e. The molecule has 2 rings (SSSR count). The van der Waals surface area contributed by atoms with Crippen LogP contribution in [-0.2, 0) is 0 Å². The average Bonchev–Trinajstić information content (AvgIpc) is 2.54. The van der Waals surface area contributed by atoms with Gasteiger partial charge in [0, 0.05) is 0 Å². The van der Waals surface area contributed by atoms with Crippen molar-refractivity contribution in [2.24, 2.45) is 0 Å². The molecule has 0 aromatic heterocycles. The lowest BCUT2D eigenvalue weighted by atomic mass is 10.2. The lowest BCUT2D eigenvalue weighted by molar-refractivity contribution is 0.107. The van der Waals surface area contributed by atoms with Crippen molar-refractivity contribution in [3.8, 4) is 23.0 Å². The molecule has 0 amide bonds. The minimum Gasteiger partial charge on any atom is -0.496 e. The van der Waals surface area contributed by atoms with Gasteiger partial charge in [0.15, 0.2) is 0 Å². The number of benzene rings is 2. The predicted molar refractivity (Wildman–Crippen MR) is 86.4 cm³/mol. The Kier molecular flexibility index (Phi) is 5.47. The smallest absolute Gasteiger partial charge is 0.256 e. The zero-order chi connectivity index (χ0) is 17.0. The van der Waals surface area contributed by atoms with Crippen molar-refractivity contribution in [2.45, 2.75) is 0 Å². The third kappa shape index (κ3) is 3.94. The number of carbonyl (C=O) groups is 2. The molecule has 0 saturated carbocycles. The quantitative estimate of drug-likeness (QED) is 0.725. The van der Waals surface area contributed by atoms with Crippen LogP contribution in [0.25, 0.3) is 0 Å². The molecule has 7 heteroatoms. The van der Waals surface area contributed by atoms with Crippen molar-refractivity contribution in [2.75, 3.05) is 14.2 Å². The zero-order valence-electron chi connectivity index (χ0n) is 12.3. The molecule has 5 nitrogen and oxygen atoms in total. The second kappa shape index (κ2) is 7.35. The van der Waals surface area contributed by atoms with Gasteiger partial charge in [0.25, 0.3) is 10.5 Å². The number of methoxy groups -OCH3 is 2. The van der Waals surface area contributed by atoms with Gasteiger partial charge in [-0.2, -0.15) is 0 Å². The maximum atomic E-state index is 11.4. The molecule has 0 aliphatic carbocycles. The van der Waals surface area contributed by atoms with Gasteiger partial charge in [0.1, 0.15) is 23.0 Å². The standard InChI is InChI=1S/C16H12Cl2O5/c1-21-13-5-3-9(7-11(13)15(17)19)23-10-4-6-14(22-2)12(8-10)16(18)20/h3-8H,1-2H3. The van der Waals surface area contributed by atoms with Gasteiger partial charge in [0.2, 0.25) is 0 Å². The maximum Gasteiger partial charge on any atom is 0.256 e. The lowest BCUT2D eigenvalue weighted by Crippen LogP contribution is -1.98. The van der Waals surface area contributed by atoms with E-state index in [0.29, 0.717) is 23.0 Å². The fourth-order valence-corrected chi connectivity index (χ4v) is 2.24. The van der Waals surface area contributed by atoms with Gasteiger partial charge < -0.3 is 14.2 Å². The molecule has 0 atom stereocenters. The van der Waals surface area contributed by atoms with Gasteiger partial charge in [-0.25, -0.2) is 0 Å². The number of hydrogen-bond acceptors (Lipinski definition) is 5.